The molecule has 2 aromatic carbocycles. The Balaban J connectivity index is 2.18. The Kier molecular flexibility index (Phi) is 9.57. The fraction of sp³-hybridized carbons (Fsp3) is 0.462. The van der Waals surface area contributed by atoms with Gasteiger partial charge in [-0.25, -0.2) is 0 Å². The number of nitrogens with zero attached hydrogens (tertiary/aromatic N) is 1. The van der Waals surface area contributed by atoms with E-state index in [2.05, 4.69) is 5.32 Å². The van der Waals surface area contributed by atoms with E-state index in [-0.39, 0.29) is 17.9 Å². The maximum atomic E-state index is 13.3. The predicted molar refractivity (Wildman–Crippen MR) is 127 cm³/mol. The smallest absolute Gasteiger partial charge is 0.242 e. The zero-order valence-electron chi connectivity index (χ0n) is 20.1. The van der Waals surface area contributed by atoms with Crippen molar-refractivity contribution in [3.8, 4) is 11.5 Å². The number of aryl methyl sites for hydroxylation is 2. The second-order valence-corrected chi connectivity index (χ2v) is 8.19. The van der Waals surface area contributed by atoms with E-state index in [1.54, 1.807) is 26.0 Å². The molecule has 0 unspecified atom stereocenters. The third-order valence-corrected chi connectivity index (χ3v) is 5.68. The average molecular weight is 441 g/mol. The van der Waals surface area contributed by atoms with Gasteiger partial charge < -0.3 is 19.7 Å². The number of amides is 2. The van der Waals surface area contributed by atoms with Crippen molar-refractivity contribution in [3.63, 3.8) is 0 Å². The molecule has 0 radical (unpaired) electrons. The van der Waals surface area contributed by atoms with Crippen LogP contribution in [0.3, 0.4) is 0 Å². The van der Waals surface area contributed by atoms with E-state index in [1.165, 1.54) is 0 Å². The van der Waals surface area contributed by atoms with Crippen LogP contribution in [0, 0.1) is 6.92 Å². The van der Waals surface area contributed by atoms with E-state index >= 15 is 0 Å². The number of carbonyl (C=O) groups is 2. The minimum absolute atomic E-state index is 0.0620. The van der Waals surface area contributed by atoms with Gasteiger partial charge in [0.1, 0.15) is 6.04 Å². The summed E-state index contributed by atoms with van der Waals surface area (Å²) in [5.41, 5.74) is 3.10. The van der Waals surface area contributed by atoms with E-state index in [1.807, 2.05) is 63.2 Å². The highest BCUT2D eigenvalue weighted by Crippen LogP contribution is 2.28. The van der Waals surface area contributed by atoms with Gasteiger partial charge in [-0.2, -0.15) is 0 Å². The van der Waals surface area contributed by atoms with Crippen LogP contribution >= 0.6 is 0 Å². The molecule has 2 aromatic rings. The van der Waals surface area contributed by atoms with E-state index in [0.29, 0.717) is 30.9 Å². The molecule has 2 amide bonds. The van der Waals surface area contributed by atoms with Crippen LogP contribution in [0.2, 0.25) is 0 Å². The van der Waals surface area contributed by atoms with Gasteiger partial charge in [0.25, 0.3) is 0 Å². The Bertz CT molecular complexity index is 912. The van der Waals surface area contributed by atoms with Gasteiger partial charge in [0.05, 0.1) is 14.2 Å². The van der Waals surface area contributed by atoms with E-state index < -0.39 is 6.04 Å². The molecule has 0 aliphatic heterocycles. The van der Waals surface area contributed by atoms with Crippen LogP contribution < -0.4 is 14.8 Å². The summed E-state index contributed by atoms with van der Waals surface area (Å²) in [4.78, 5) is 27.8. The Morgan fingerprint density at radius 3 is 2.34 bits per heavy atom. The van der Waals surface area contributed by atoms with Gasteiger partial charge in [0, 0.05) is 19.0 Å². The minimum atomic E-state index is -0.567. The summed E-state index contributed by atoms with van der Waals surface area (Å²) in [5.74, 6) is 1.09. The lowest BCUT2D eigenvalue weighted by Crippen LogP contribution is -2.49. The maximum Gasteiger partial charge on any atom is 0.242 e. The largest absolute Gasteiger partial charge is 0.493 e. The molecule has 0 saturated carbocycles. The summed E-state index contributed by atoms with van der Waals surface area (Å²) < 4.78 is 10.7. The first-order valence-electron chi connectivity index (χ1n) is 11.1. The maximum absolute atomic E-state index is 13.3. The molecule has 6 heteroatoms. The Hall–Kier alpha value is -3.02. The number of hydrogen-bond acceptors (Lipinski definition) is 4. The molecular formula is C26H36N2O4. The van der Waals surface area contributed by atoms with Crippen LogP contribution in [-0.2, 0) is 22.6 Å². The molecule has 0 aliphatic rings. The molecule has 174 valence electrons. The number of benzene rings is 2. The zero-order valence-corrected chi connectivity index (χ0v) is 20.1. The molecule has 0 aromatic heterocycles. The van der Waals surface area contributed by atoms with Crippen LogP contribution in [0.5, 0.6) is 11.5 Å². The van der Waals surface area contributed by atoms with Gasteiger partial charge in [-0.05, 0) is 56.9 Å². The van der Waals surface area contributed by atoms with Crippen molar-refractivity contribution in [1.29, 1.82) is 0 Å². The first-order valence-corrected chi connectivity index (χ1v) is 11.1. The highest BCUT2D eigenvalue weighted by atomic mass is 16.5. The van der Waals surface area contributed by atoms with Crippen molar-refractivity contribution in [2.75, 3.05) is 14.2 Å². The number of rotatable bonds is 11. The SMILES string of the molecule is CC[C@H](C)NC(=O)[C@H](C)N(Cc1cccc(C)c1)C(=O)CCc1ccc(OC)c(OC)c1. The first-order chi connectivity index (χ1) is 15.3. The molecule has 6 nitrogen and oxygen atoms in total. The molecule has 2 rings (SSSR count). The van der Waals surface area contributed by atoms with E-state index in [4.69, 9.17) is 9.47 Å². The normalized spacial score (nSPS) is 12.6. The summed E-state index contributed by atoms with van der Waals surface area (Å²) in [6.07, 6.45) is 1.68. The predicted octanol–water partition coefficient (Wildman–Crippen LogP) is 4.28. The van der Waals surface area contributed by atoms with Crippen LogP contribution in [0.15, 0.2) is 42.5 Å². The number of hydrogen-bond donors (Lipinski definition) is 1. The van der Waals surface area contributed by atoms with Crippen LogP contribution in [0.25, 0.3) is 0 Å². The summed E-state index contributed by atoms with van der Waals surface area (Å²) in [6.45, 7) is 8.19. The molecule has 0 heterocycles. The van der Waals surface area contributed by atoms with E-state index in [9.17, 15) is 9.59 Å². The molecule has 0 fully saturated rings. The second kappa shape index (κ2) is 12.1. The highest BCUT2D eigenvalue weighted by Gasteiger charge is 2.26. The lowest BCUT2D eigenvalue weighted by atomic mass is 10.1. The van der Waals surface area contributed by atoms with Gasteiger partial charge in [-0.3, -0.25) is 9.59 Å². The van der Waals surface area contributed by atoms with Crippen molar-refractivity contribution in [2.24, 2.45) is 0 Å². The summed E-state index contributed by atoms with van der Waals surface area (Å²) >= 11 is 0. The second-order valence-electron chi connectivity index (χ2n) is 8.19. The summed E-state index contributed by atoms with van der Waals surface area (Å²) in [6, 6.07) is 13.2. The molecule has 2 atom stereocenters. The number of carbonyl (C=O) groups excluding carboxylic acids is 2. The van der Waals surface area contributed by atoms with Gasteiger partial charge >= 0.3 is 0 Å². The molecule has 1 N–H and O–H groups in total. The fourth-order valence-electron chi connectivity index (χ4n) is 3.49. The average Bonchev–Trinajstić information content (AvgIpc) is 2.80. The van der Waals surface area contributed by atoms with Crippen molar-refractivity contribution < 1.29 is 19.1 Å². The van der Waals surface area contributed by atoms with Gasteiger partial charge in [0.2, 0.25) is 11.8 Å². The van der Waals surface area contributed by atoms with Crippen molar-refractivity contribution in [3.05, 3.63) is 59.2 Å². The van der Waals surface area contributed by atoms with E-state index in [0.717, 1.165) is 23.1 Å². The summed E-state index contributed by atoms with van der Waals surface area (Å²) in [7, 11) is 3.18. The molecule has 0 saturated heterocycles. The third kappa shape index (κ3) is 7.01. The van der Waals surface area contributed by atoms with Crippen LogP contribution in [0.1, 0.15) is 50.3 Å². The molecule has 0 spiro atoms. The fourth-order valence-corrected chi connectivity index (χ4v) is 3.49. The number of methoxy groups -OCH3 is 2. The molecular weight excluding hydrogens is 404 g/mol. The lowest BCUT2D eigenvalue weighted by molar-refractivity contribution is -0.140. The number of nitrogens with one attached hydrogen (secondary N) is 1. The van der Waals surface area contributed by atoms with Gasteiger partial charge in [-0.15, -0.1) is 0 Å². The van der Waals surface area contributed by atoms with Crippen LogP contribution in [0.4, 0.5) is 0 Å². The Morgan fingerprint density at radius 1 is 1.00 bits per heavy atom. The van der Waals surface area contributed by atoms with Gasteiger partial charge in [0.15, 0.2) is 11.5 Å². The van der Waals surface area contributed by atoms with Gasteiger partial charge in [-0.1, -0.05) is 42.8 Å². The molecule has 0 bridgehead atoms. The van der Waals surface area contributed by atoms with Crippen LogP contribution in [-0.4, -0.2) is 43.0 Å². The quantitative estimate of drug-likeness (QED) is 0.566. The monoisotopic (exact) mass is 440 g/mol. The number of ether oxygens (including phenoxy) is 2. The Morgan fingerprint density at radius 2 is 1.72 bits per heavy atom. The van der Waals surface area contributed by atoms with Crippen molar-refractivity contribution in [1.82, 2.24) is 10.2 Å². The highest BCUT2D eigenvalue weighted by molar-refractivity contribution is 5.87. The molecule has 0 aliphatic carbocycles. The third-order valence-electron chi connectivity index (χ3n) is 5.68. The minimum Gasteiger partial charge on any atom is -0.493 e. The molecule has 32 heavy (non-hydrogen) atoms. The topological polar surface area (TPSA) is 67.9 Å². The Labute approximate surface area is 191 Å². The lowest BCUT2D eigenvalue weighted by Gasteiger charge is -2.30. The first kappa shape index (κ1) is 25.2. The van der Waals surface area contributed by atoms with Crippen molar-refractivity contribution in [2.45, 2.75) is 65.6 Å². The standard InChI is InChI=1S/C26H36N2O4/c1-7-19(3)27-26(30)20(4)28(17-22-10-8-9-18(2)15-22)25(29)14-12-21-11-13-23(31-5)24(16-21)32-6/h8-11,13,15-16,19-20H,7,12,14,17H2,1-6H3,(H,27,30)/t19-,20-/m0/s1. The summed E-state index contributed by atoms with van der Waals surface area (Å²) in [5, 5.41) is 3.00. The van der Waals surface area contributed by atoms with Crippen molar-refractivity contribution >= 4 is 11.8 Å². The zero-order chi connectivity index (χ0) is 23.7.